The molecule has 1 saturated carbocycles. The fraction of sp³-hybridized carbons (Fsp3) is 0.429. The second kappa shape index (κ2) is 7.96. The molecule has 28 heavy (non-hydrogen) atoms. The molecule has 0 unspecified atom stereocenters. The molecule has 2 aromatic heterocycles. The predicted molar refractivity (Wildman–Crippen MR) is 104 cm³/mol. The van der Waals surface area contributed by atoms with Crippen LogP contribution in [0.25, 0.3) is 5.69 Å². The highest BCUT2D eigenvalue weighted by Gasteiger charge is 2.39. The zero-order valence-corrected chi connectivity index (χ0v) is 16.1. The van der Waals surface area contributed by atoms with E-state index in [0.717, 1.165) is 36.9 Å². The molecule has 1 aliphatic carbocycles. The van der Waals surface area contributed by atoms with Crippen molar-refractivity contribution in [2.45, 2.75) is 57.4 Å². The normalized spacial score (nSPS) is 16.0. The van der Waals surface area contributed by atoms with Crippen molar-refractivity contribution in [1.29, 1.82) is 0 Å². The van der Waals surface area contributed by atoms with E-state index in [9.17, 15) is 4.79 Å². The Morgan fingerprint density at radius 3 is 2.71 bits per heavy atom. The highest BCUT2D eigenvalue weighted by molar-refractivity contribution is 5.77. The van der Waals surface area contributed by atoms with E-state index < -0.39 is 5.54 Å². The highest BCUT2D eigenvalue weighted by atomic mass is 16.5. The molecule has 0 spiro atoms. The van der Waals surface area contributed by atoms with E-state index in [2.05, 4.69) is 20.6 Å². The SMILES string of the molecule is Cc1nc(C2(NC(=O)CCc3cnn(-c4ccccc4)c3)CCCCC2)no1. The van der Waals surface area contributed by atoms with Gasteiger partial charge in [-0.3, -0.25) is 4.79 Å². The molecule has 0 atom stereocenters. The minimum atomic E-state index is -0.499. The van der Waals surface area contributed by atoms with E-state index in [1.54, 1.807) is 6.92 Å². The van der Waals surface area contributed by atoms with Gasteiger partial charge in [-0.2, -0.15) is 10.1 Å². The fourth-order valence-electron chi connectivity index (χ4n) is 3.85. The van der Waals surface area contributed by atoms with Crippen molar-refractivity contribution in [3.05, 3.63) is 60.0 Å². The zero-order chi connectivity index (χ0) is 19.4. The summed E-state index contributed by atoms with van der Waals surface area (Å²) >= 11 is 0. The molecular weight excluding hydrogens is 354 g/mol. The Balaban J connectivity index is 1.40. The first kappa shape index (κ1) is 18.4. The van der Waals surface area contributed by atoms with Crippen LogP contribution >= 0.6 is 0 Å². The summed E-state index contributed by atoms with van der Waals surface area (Å²) in [5.74, 6) is 1.15. The number of rotatable bonds is 6. The smallest absolute Gasteiger partial charge is 0.223 e. The lowest BCUT2D eigenvalue weighted by Crippen LogP contribution is -2.48. The van der Waals surface area contributed by atoms with Crippen LogP contribution < -0.4 is 5.32 Å². The van der Waals surface area contributed by atoms with Crippen molar-refractivity contribution in [2.24, 2.45) is 0 Å². The van der Waals surface area contributed by atoms with Crippen molar-refractivity contribution in [3.8, 4) is 5.69 Å². The maximum absolute atomic E-state index is 12.7. The Morgan fingerprint density at radius 2 is 2.00 bits per heavy atom. The van der Waals surface area contributed by atoms with Gasteiger partial charge in [-0.15, -0.1) is 0 Å². The van der Waals surface area contributed by atoms with Crippen LogP contribution in [0.5, 0.6) is 0 Å². The summed E-state index contributed by atoms with van der Waals surface area (Å²) in [6.07, 6.45) is 9.82. The highest BCUT2D eigenvalue weighted by Crippen LogP contribution is 2.35. The average Bonchev–Trinajstić information content (AvgIpc) is 3.37. The number of hydrogen-bond donors (Lipinski definition) is 1. The van der Waals surface area contributed by atoms with Gasteiger partial charge < -0.3 is 9.84 Å². The minimum absolute atomic E-state index is 0.0109. The van der Waals surface area contributed by atoms with E-state index in [0.29, 0.717) is 24.6 Å². The lowest BCUT2D eigenvalue weighted by molar-refractivity contribution is -0.123. The van der Waals surface area contributed by atoms with Gasteiger partial charge in [0.05, 0.1) is 11.9 Å². The molecule has 2 heterocycles. The number of carbonyl (C=O) groups excluding carboxylic acids is 1. The number of nitrogens with one attached hydrogen (secondary N) is 1. The summed E-state index contributed by atoms with van der Waals surface area (Å²) in [5, 5.41) is 11.7. The number of aryl methyl sites for hydroxylation is 2. The summed E-state index contributed by atoms with van der Waals surface area (Å²) in [4.78, 5) is 17.1. The fourth-order valence-corrected chi connectivity index (χ4v) is 3.85. The summed E-state index contributed by atoms with van der Waals surface area (Å²) in [5.41, 5.74) is 1.54. The van der Waals surface area contributed by atoms with Crippen LogP contribution in [-0.2, 0) is 16.8 Å². The molecule has 1 aromatic carbocycles. The van der Waals surface area contributed by atoms with Gasteiger partial charge in [0.15, 0.2) is 5.82 Å². The Kier molecular flexibility index (Phi) is 5.23. The first-order valence-electron chi connectivity index (χ1n) is 9.85. The molecule has 1 amide bonds. The van der Waals surface area contributed by atoms with Crippen molar-refractivity contribution in [2.75, 3.05) is 0 Å². The van der Waals surface area contributed by atoms with E-state index in [1.807, 2.05) is 47.4 Å². The molecule has 4 rings (SSSR count). The van der Waals surface area contributed by atoms with Gasteiger partial charge >= 0.3 is 0 Å². The van der Waals surface area contributed by atoms with Crippen molar-refractivity contribution in [3.63, 3.8) is 0 Å². The Hall–Kier alpha value is -2.96. The number of aromatic nitrogens is 4. The van der Waals surface area contributed by atoms with Gasteiger partial charge in [-0.25, -0.2) is 4.68 Å². The van der Waals surface area contributed by atoms with Crippen molar-refractivity contribution in [1.82, 2.24) is 25.2 Å². The van der Waals surface area contributed by atoms with Gasteiger partial charge in [-0.1, -0.05) is 42.6 Å². The van der Waals surface area contributed by atoms with Crippen LogP contribution in [0.3, 0.4) is 0 Å². The Bertz CT molecular complexity index is 925. The summed E-state index contributed by atoms with van der Waals surface area (Å²) in [6, 6.07) is 9.94. The van der Waals surface area contributed by atoms with Crippen molar-refractivity contribution >= 4 is 5.91 Å². The van der Waals surface area contributed by atoms with Gasteiger partial charge in [0.1, 0.15) is 5.54 Å². The molecule has 0 aliphatic heterocycles. The first-order chi connectivity index (χ1) is 13.6. The molecule has 3 aromatic rings. The predicted octanol–water partition coefficient (Wildman–Crippen LogP) is 3.47. The monoisotopic (exact) mass is 379 g/mol. The average molecular weight is 379 g/mol. The van der Waals surface area contributed by atoms with Crippen LogP contribution in [0.4, 0.5) is 0 Å². The second-order valence-corrected chi connectivity index (χ2v) is 7.46. The molecule has 7 heteroatoms. The molecule has 1 aliphatic rings. The molecule has 7 nitrogen and oxygen atoms in total. The van der Waals surface area contributed by atoms with Gasteiger partial charge in [0, 0.05) is 19.5 Å². The molecule has 0 saturated heterocycles. The number of hydrogen-bond acceptors (Lipinski definition) is 5. The molecular formula is C21H25N5O2. The Morgan fingerprint density at radius 1 is 1.21 bits per heavy atom. The number of carbonyl (C=O) groups is 1. The minimum Gasteiger partial charge on any atom is -0.343 e. The van der Waals surface area contributed by atoms with E-state index in [4.69, 9.17) is 4.52 Å². The van der Waals surface area contributed by atoms with Crippen LogP contribution in [-0.4, -0.2) is 25.8 Å². The van der Waals surface area contributed by atoms with Crippen molar-refractivity contribution < 1.29 is 9.32 Å². The quantitative estimate of drug-likeness (QED) is 0.709. The van der Waals surface area contributed by atoms with Crippen LogP contribution in [0.1, 0.15) is 55.8 Å². The Labute approximate surface area is 164 Å². The maximum atomic E-state index is 12.7. The number of benzene rings is 1. The van der Waals surface area contributed by atoms with Crippen LogP contribution in [0, 0.1) is 6.92 Å². The van der Waals surface area contributed by atoms with Crippen LogP contribution in [0.15, 0.2) is 47.2 Å². The lowest BCUT2D eigenvalue weighted by atomic mass is 9.81. The van der Waals surface area contributed by atoms with Gasteiger partial charge in [0.2, 0.25) is 11.8 Å². The largest absolute Gasteiger partial charge is 0.343 e. The van der Waals surface area contributed by atoms with Gasteiger partial charge in [0.25, 0.3) is 0 Å². The standard InChI is InChI=1S/C21H25N5O2/c1-16-23-20(25-28-16)21(12-6-3-7-13-21)24-19(27)11-10-17-14-22-26(15-17)18-8-4-2-5-9-18/h2,4-5,8-9,14-15H,3,6-7,10-13H2,1H3,(H,24,27). The third-order valence-corrected chi connectivity index (χ3v) is 5.34. The summed E-state index contributed by atoms with van der Waals surface area (Å²) in [6.45, 7) is 1.78. The summed E-state index contributed by atoms with van der Waals surface area (Å²) in [7, 11) is 0. The maximum Gasteiger partial charge on any atom is 0.223 e. The number of amides is 1. The third-order valence-electron chi connectivity index (χ3n) is 5.34. The molecule has 0 bridgehead atoms. The zero-order valence-electron chi connectivity index (χ0n) is 16.1. The van der Waals surface area contributed by atoms with E-state index in [1.165, 1.54) is 6.42 Å². The summed E-state index contributed by atoms with van der Waals surface area (Å²) < 4.78 is 7.01. The molecule has 146 valence electrons. The molecule has 1 N–H and O–H groups in total. The van der Waals surface area contributed by atoms with E-state index >= 15 is 0 Å². The third kappa shape index (κ3) is 3.98. The molecule has 1 fully saturated rings. The number of para-hydroxylation sites is 1. The van der Waals surface area contributed by atoms with Gasteiger partial charge in [-0.05, 0) is 37.0 Å². The molecule has 0 radical (unpaired) electrons. The van der Waals surface area contributed by atoms with Crippen LogP contribution in [0.2, 0.25) is 0 Å². The number of nitrogens with zero attached hydrogens (tertiary/aromatic N) is 4. The topological polar surface area (TPSA) is 85.8 Å². The lowest BCUT2D eigenvalue weighted by Gasteiger charge is -2.35. The van der Waals surface area contributed by atoms with E-state index in [-0.39, 0.29) is 5.91 Å². The first-order valence-corrected chi connectivity index (χ1v) is 9.85. The second-order valence-electron chi connectivity index (χ2n) is 7.46.